The second-order valence-corrected chi connectivity index (χ2v) is 6.73. The van der Waals surface area contributed by atoms with Crippen molar-refractivity contribution in [2.75, 3.05) is 29.6 Å². The van der Waals surface area contributed by atoms with E-state index in [2.05, 4.69) is 69.7 Å². The Morgan fingerprint density at radius 2 is 1.54 bits per heavy atom. The fourth-order valence-electron chi connectivity index (χ4n) is 2.75. The van der Waals surface area contributed by atoms with Crippen LogP contribution in [-0.4, -0.2) is 24.1 Å². The first kappa shape index (κ1) is 17.7. The third-order valence-corrected chi connectivity index (χ3v) is 4.14. The van der Waals surface area contributed by atoms with Crippen LogP contribution in [0.15, 0.2) is 48.5 Å². The number of hydrogen-bond donors (Lipinski definition) is 2. The zero-order valence-corrected chi connectivity index (χ0v) is 16.0. The first-order chi connectivity index (χ1) is 12.4. The quantitative estimate of drug-likeness (QED) is 0.683. The van der Waals surface area contributed by atoms with Crippen LogP contribution in [0.5, 0.6) is 0 Å². The van der Waals surface area contributed by atoms with Crippen molar-refractivity contribution < 1.29 is 0 Å². The Kier molecular flexibility index (Phi) is 5.07. The Morgan fingerprint density at radius 3 is 2.19 bits per heavy atom. The van der Waals surface area contributed by atoms with Gasteiger partial charge in [0.25, 0.3) is 0 Å². The molecule has 0 atom stereocenters. The van der Waals surface area contributed by atoms with Crippen LogP contribution in [0.25, 0.3) is 0 Å². The molecule has 134 valence electrons. The van der Waals surface area contributed by atoms with Crippen molar-refractivity contribution >= 4 is 28.8 Å². The van der Waals surface area contributed by atoms with Crippen LogP contribution >= 0.6 is 0 Å². The van der Waals surface area contributed by atoms with Gasteiger partial charge in [-0.25, -0.2) is 4.98 Å². The summed E-state index contributed by atoms with van der Waals surface area (Å²) in [6.45, 7) is 6.13. The van der Waals surface area contributed by atoms with E-state index in [-0.39, 0.29) is 0 Å². The summed E-state index contributed by atoms with van der Waals surface area (Å²) in [4.78, 5) is 11.2. The lowest BCUT2D eigenvalue weighted by molar-refractivity contribution is 1.10. The van der Waals surface area contributed by atoms with E-state index in [4.69, 9.17) is 0 Å². The van der Waals surface area contributed by atoms with Gasteiger partial charge in [0, 0.05) is 42.9 Å². The molecule has 3 rings (SSSR count). The summed E-state index contributed by atoms with van der Waals surface area (Å²) in [5, 5.41) is 6.67. The summed E-state index contributed by atoms with van der Waals surface area (Å²) >= 11 is 0. The molecule has 1 aromatic heterocycles. The van der Waals surface area contributed by atoms with E-state index in [9.17, 15) is 0 Å². The Hall–Kier alpha value is -3.08. The van der Waals surface area contributed by atoms with E-state index in [0.717, 1.165) is 28.6 Å². The summed E-state index contributed by atoms with van der Waals surface area (Å²) in [5.74, 6) is 1.35. The average molecular weight is 347 g/mol. The molecular weight excluding hydrogens is 322 g/mol. The van der Waals surface area contributed by atoms with Gasteiger partial charge < -0.3 is 15.5 Å². The number of aryl methyl sites for hydroxylation is 3. The second-order valence-electron chi connectivity index (χ2n) is 6.73. The van der Waals surface area contributed by atoms with E-state index in [1.54, 1.807) is 0 Å². The van der Waals surface area contributed by atoms with Gasteiger partial charge in [-0.05, 0) is 56.7 Å². The number of benzene rings is 2. The molecule has 0 fully saturated rings. The fraction of sp³-hybridized carbons (Fsp3) is 0.238. The molecule has 0 aliphatic carbocycles. The summed E-state index contributed by atoms with van der Waals surface area (Å²) in [6.07, 6.45) is 0. The number of rotatable bonds is 5. The van der Waals surface area contributed by atoms with Gasteiger partial charge in [-0.15, -0.1) is 0 Å². The first-order valence-electron chi connectivity index (χ1n) is 8.65. The summed E-state index contributed by atoms with van der Waals surface area (Å²) < 4.78 is 0. The molecule has 2 N–H and O–H groups in total. The maximum absolute atomic E-state index is 4.60. The van der Waals surface area contributed by atoms with Crippen molar-refractivity contribution in [2.45, 2.75) is 20.8 Å². The van der Waals surface area contributed by atoms with Gasteiger partial charge in [-0.1, -0.05) is 17.7 Å². The van der Waals surface area contributed by atoms with Crippen LogP contribution in [0.2, 0.25) is 0 Å². The zero-order valence-electron chi connectivity index (χ0n) is 16.0. The number of hydrogen-bond acceptors (Lipinski definition) is 5. The molecule has 1 heterocycles. The Labute approximate surface area is 155 Å². The molecule has 5 heteroatoms. The lowest BCUT2D eigenvalue weighted by Crippen LogP contribution is -2.08. The van der Waals surface area contributed by atoms with Crippen LogP contribution in [0, 0.1) is 20.8 Å². The van der Waals surface area contributed by atoms with E-state index in [1.807, 2.05) is 39.2 Å². The second kappa shape index (κ2) is 7.44. The standard InChI is InChI=1S/C21H25N5/c1-14-6-11-19(15(2)12-14)24-21-22-16(3)13-20(25-21)23-17-7-9-18(10-8-17)26(4)5/h6-13H,1-5H3,(H2,22,23,24,25). The van der Waals surface area contributed by atoms with Crippen molar-refractivity contribution in [2.24, 2.45) is 0 Å². The Morgan fingerprint density at radius 1 is 0.808 bits per heavy atom. The largest absolute Gasteiger partial charge is 0.378 e. The highest BCUT2D eigenvalue weighted by Crippen LogP contribution is 2.23. The lowest BCUT2D eigenvalue weighted by Gasteiger charge is -2.14. The molecule has 26 heavy (non-hydrogen) atoms. The maximum atomic E-state index is 4.60. The maximum Gasteiger partial charge on any atom is 0.229 e. The topological polar surface area (TPSA) is 53.1 Å². The highest BCUT2D eigenvalue weighted by molar-refractivity contribution is 5.64. The van der Waals surface area contributed by atoms with Crippen molar-refractivity contribution in [3.05, 3.63) is 65.4 Å². The molecule has 2 aromatic carbocycles. The van der Waals surface area contributed by atoms with Crippen molar-refractivity contribution in [1.29, 1.82) is 0 Å². The summed E-state index contributed by atoms with van der Waals surface area (Å²) in [7, 11) is 4.06. The minimum Gasteiger partial charge on any atom is -0.378 e. The molecule has 0 saturated heterocycles. The van der Waals surface area contributed by atoms with Gasteiger partial charge in [0.1, 0.15) is 5.82 Å². The predicted molar refractivity (Wildman–Crippen MR) is 110 cm³/mol. The minimum absolute atomic E-state index is 0.587. The SMILES string of the molecule is Cc1ccc(Nc2nc(C)cc(Nc3ccc(N(C)C)cc3)n2)c(C)c1. The third-order valence-electron chi connectivity index (χ3n) is 4.14. The van der Waals surface area contributed by atoms with Crippen molar-refractivity contribution in [3.63, 3.8) is 0 Å². The number of anilines is 5. The Bertz CT molecular complexity index is 901. The molecule has 0 radical (unpaired) electrons. The van der Waals surface area contributed by atoms with E-state index < -0.39 is 0 Å². The molecule has 0 aliphatic heterocycles. The molecule has 0 aliphatic rings. The highest BCUT2D eigenvalue weighted by Gasteiger charge is 2.06. The summed E-state index contributed by atoms with van der Waals surface area (Å²) in [6, 6.07) is 16.5. The van der Waals surface area contributed by atoms with Crippen molar-refractivity contribution in [1.82, 2.24) is 9.97 Å². The lowest BCUT2D eigenvalue weighted by atomic mass is 10.1. The molecule has 3 aromatic rings. The molecule has 0 spiro atoms. The average Bonchev–Trinajstić information content (AvgIpc) is 2.57. The normalized spacial score (nSPS) is 10.5. The van der Waals surface area contributed by atoms with Gasteiger partial charge >= 0.3 is 0 Å². The number of nitrogens with one attached hydrogen (secondary N) is 2. The third kappa shape index (κ3) is 4.30. The summed E-state index contributed by atoms with van der Waals surface area (Å²) in [5.41, 5.74) is 6.48. The number of aromatic nitrogens is 2. The molecule has 5 nitrogen and oxygen atoms in total. The van der Waals surface area contributed by atoms with Crippen molar-refractivity contribution in [3.8, 4) is 0 Å². The molecule has 0 amide bonds. The van der Waals surface area contributed by atoms with E-state index >= 15 is 0 Å². The fourth-order valence-corrected chi connectivity index (χ4v) is 2.75. The number of nitrogens with zero attached hydrogens (tertiary/aromatic N) is 3. The van der Waals surface area contributed by atoms with Crippen LogP contribution < -0.4 is 15.5 Å². The first-order valence-corrected chi connectivity index (χ1v) is 8.65. The molecule has 0 unspecified atom stereocenters. The van der Waals surface area contributed by atoms with Crippen LogP contribution in [0.3, 0.4) is 0 Å². The predicted octanol–water partition coefficient (Wildman–Crippen LogP) is 4.96. The zero-order chi connectivity index (χ0) is 18.7. The molecule has 0 saturated carbocycles. The van der Waals surface area contributed by atoms with Gasteiger partial charge in [0.15, 0.2) is 0 Å². The Balaban J connectivity index is 1.81. The minimum atomic E-state index is 0.587. The molecular formula is C21H25N5. The van der Waals surface area contributed by atoms with Crippen LogP contribution in [-0.2, 0) is 0 Å². The van der Waals surface area contributed by atoms with E-state index in [1.165, 1.54) is 11.1 Å². The van der Waals surface area contributed by atoms with Gasteiger partial charge in [-0.3, -0.25) is 0 Å². The van der Waals surface area contributed by atoms with Crippen LogP contribution in [0.4, 0.5) is 28.8 Å². The van der Waals surface area contributed by atoms with Crippen LogP contribution in [0.1, 0.15) is 16.8 Å². The van der Waals surface area contributed by atoms with E-state index in [0.29, 0.717) is 5.95 Å². The van der Waals surface area contributed by atoms with Gasteiger partial charge in [0.2, 0.25) is 5.95 Å². The van der Waals surface area contributed by atoms with Gasteiger partial charge in [0.05, 0.1) is 0 Å². The monoisotopic (exact) mass is 347 g/mol. The highest BCUT2D eigenvalue weighted by atomic mass is 15.1. The smallest absolute Gasteiger partial charge is 0.229 e. The molecule has 0 bridgehead atoms. The van der Waals surface area contributed by atoms with Gasteiger partial charge in [-0.2, -0.15) is 4.98 Å².